The van der Waals surface area contributed by atoms with Crippen LogP contribution in [0.15, 0.2) is 58.7 Å². The lowest BCUT2D eigenvalue weighted by atomic mass is 9.97. The smallest absolute Gasteiger partial charge is 0.258 e. The van der Waals surface area contributed by atoms with Gasteiger partial charge >= 0.3 is 0 Å². The molecule has 0 aliphatic heterocycles. The van der Waals surface area contributed by atoms with E-state index in [4.69, 9.17) is 0 Å². The quantitative estimate of drug-likeness (QED) is 0.575. The molecular weight excluding hydrogens is 380 g/mol. The van der Waals surface area contributed by atoms with Crippen molar-refractivity contribution in [3.8, 4) is 11.1 Å². The number of nitrogens with zero attached hydrogens (tertiary/aromatic N) is 4. The molecule has 1 aliphatic carbocycles. The molecule has 0 spiro atoms. The van der Waals surface area contributed by atoms with E-state index in [1.165, 1.54) is 19.3 Å². The van der Waals surface area contributed by atoms with Crippen LogP contribution < -0.4 is 5.56 Å². The van der Waals surface area contributed by atoms with Crippen LogP contribution in [0.1, 0.15) is 30.8 Å². The van der Waals surface area contributed by atoms with Crippen LogP contribution in [0, 0.1) is 11.8 Å². The maximum atomic E-state index is 12.3. The van der Waals surface area contributed by atoms with Gasteiger partial charge in [-0.2, -0.15) is 0 Å². The monoisotopic (exact) mass is 406 g/mol. The Hall–Kier alpha value is -2.47. The second kappa shape index (κ2) is 8.91. The van der Waals surface area contributed by atoms with Crippen molar-refractivity contribution in [2.45, 2.75) is 37.0 Å². The van der Waals surface area contributed by atoms with E-state index in [1.807, 2.05) is 43.0 Å². The first-order valence-electron chi connectivity index (χ1n) is 10.1. The van der Waals surface area contributed by atoms with Gasteiger partial charge in [0, 0.05) is 60.0 Å². The van der Waals surface area contributed by atoms with Crippen LogP contribution in [0.3, 0.4) is 0 Å². The summed E-state index contributed by atoms with van der Waals surface area (Å²) in [4.78, 5) is 27.0. The van der Waals surface area contributed by atoms with Gasteiger partial charge in [0.1, 0.15) is 5.82 Å². The summed E-state index contributed by atoms with van der Waals surface area (Å²) in [5, 5.41) is 0. The molecule has 0 radical (unpaired) electrons. The van der Waals surface area contributed by atoms with E-state index in [0.29, 0.717) is 17.4 Å². The fourth-order valence-corrected chi connectivity index (χ4v) is 4.49. The molecule has 1 saturated carbocycles. The molecule has 1 aliphatic rings. The fraction of sp³-hybridized carbons (Fsp3) is 0.391. The van der Waals surface area contributed by atoms with Crippen molar-refractivity contribution in [2.24, 2.45) is 18.9 Å². The van der Waals surface area contributed by atoms with Gasteiger partial charge < -0.3 is 4.57 Å². The maximum Gasteiger partial charge on any atom is 0.258 e. The van der Waals surface area contributed by atoms with Crippen molar-refractivity contribution < 1.29 is 0 Å². The molecule has 1 fully saturated rings. The van der Waals surface area contributed by atoms with E-state index in [2.05, 4.69) is 21.0 Å². The zero-order chi connectivity index (χ0) is 20.2. The molecule has 3 aromatic heterocycles. The highest BCUT2D eigenvalue weighted by Gasteiger charge is 2.26. The van der Waals surface area contributed by atoms with Gasteiger partial charge in [-0.25, -0.2) is 9.97 Å². The third-order valence-electron chi connectivity index (χ3n) is 5.80. The van der Waals surface area contributed by atoms with Crippen molar-refractivity contribution in [1.82, 2.24) is 19.5 Å². The largest absolute Gasteiger partial charge is 0.318 e. The lowest BCUT2D eigenvalue weighted by Crippen LogP contribution is -2.17. The highest BCUT2D eigenvalue weighted by Crippen LogP contribution is 2.34. The summed E-state index contributed by atoms with van der Waals surface area (Å²) in [6.45, 7) is 0. The summed E-state index contributed by atoms with van der Waals surface area (Å²) in [5.74, 6) is 2.28. The Labute approximate surface area is 175 Å². The summed E-state index contributed by atoms with van der Waals surface area (Å²) in [7, 11) is 1.77. The standard InChI is InChI=1S/C23H26N4OS/c1-27-9-3-4-21(23(27)28)18-7-8-19(24-13-18)11-16-5-6-17(10-16)12-22-25-14-20(29-2)15-26-22/h3-4,7-9,13-17H,5-6,10-12H2,1-2H3/t16-,17-/m0/s1. The van der Waals surface area contributed by atoms with Gasteiger partial charge in [-0.05, 0) is 62.0 Å². The number of hydrogen-bond acceptors (Lipinski definition) is 5. The lowest BCUT2D eigenvalue weighted by molar-refractivity contribution is 0.476. The topological polar surface area (TPSA) is 60.7 Å². The van der Waals surface area contributed by atoms with Crippen LogP contribution >= 0.6 is 11.8 Å². The molecule has 4 rings (SSSR count). The molecule has 0 unspecified atom stereocenters. The molecule has 0 amide bonds. The van der Waals surface area contributed by atoms with Gasteiger partial charge in [0.15, 0.2) is 0 Å². The third-order valence-corrected chi connectivity index (χ3v) is 6.48. The molecule has 2 atom stereocenters. The number of hydrogen-bond donors (Lipinski definition) is 0. The Morgan fingerprint density at radius 1 is 1.03 bits per heavy atom. The van der Waals surface area contributed by atoms with Crippen LogP contribution in [0.25, 0.3) is 11.1 Å². The van der Waals surface area contributed by atoms with Gasteiger partial charge in [-0.15, -0.1) is 11.8 Å². The number of aromatic nitrogens is 4. The average Bonchev–Trinajstić information content (AvgIpc) is 3.18. The van der Waals surface area contributed by atoms with Gasteiger partial charge in [-0.3, -0.25) is 9.78 Å². The number of thioether (sulfide) groups is 1. The normalized spacial score (nSPS) is 18.8. The minimum absolute atomic E-state index is 0.00784. The van der Waals surface area contributed by atoms with Gasteiger partial charge in [0.05, 0.1) is 0 Å². The summed E-state index contributed by atoms with van der Waals surface area (Å²) < 4.78 is 1.60. The van der Waals surface area contributed by atoms with Gasteiger partial charge in [-0.1, -0.05) is 6.07 Å². The Morgan fingerprint density at radius 2 is 1.79 bits per heavy atom. The van der Waals surface area contributed by atoms with Crippen LogP contribution in [0.2, 0.25) is 0 Å². The Bertz CT molecular complexity index is 1010. The van der Waals surface area contributed by atoms with Crippen molar-refractivity contribution in [3.63, 3.8) is 0 Å². The molecular formula is C23H26N4OS. The number of rotatable bonds is 6. The van der Waals surface area contributed by atoms with Crippen molar-refractivity contribution in [3.05, 3.63) is 70.9 Å². The minimum Gasteiger partial charge on any atom is -0.318 e. The van der Waals surface area contributed by atoms with E-state index in [-0.39, 0.29) is 5.56 Å². The Balaban J connectivity index is 1.35. The van der Waals surface area contributed by atoms with Crippen molar-refractivity contribution in [2.75, 3.05) is 6.26 Å². The van der Waals surface area contributed by atoms with E-state index >= 15 is 0 Å². The summed E-state index contributed by atoms with van der Waals surface area (Å²) in [5.41, 5.74) is 2.69. The van der Waals surface area contributed by atoms with Gasteiger partial charge in [0.25, 0.3) is 5.56 Å². The highest BCUT2D eigenvalue weighted by molar-refractivity contribution is 7.98. The Kier molecular flexibility index (Phi) is 6.09. The second-order valence-electron chi connectivity index (χ2n) is 7.87. The van der Waals surface area contributed by atoms with E-state index in [1.54, 1.807) is 29.6 Å². The zero-order valence-corrected chi connectivity index (χ0v) is 17.7. The van der Waals surface area contributed by atoms with E-state index in [9.17, 15) is 4.79 Å². The Morgan fingerprint density at radius 3 is 2.48 bits per heavy atom. The maximum absolute atomic E-state index is 12.3. The van der Waals surface area contributed by atoms with E-state index < -0.39 is 0 Å². The molecule has 3 aromatic rings. The summed E-state index contributed by atoms with van der Waals surface area (Å²) in [6, 6.07) is 7.84. The minimum atomic E-state index is 0.00784. The second-order valence-corrected chi connectivity index (χ2v) is 8.75. The molecule has 0 aromatic carbocycles. The first kappa shape index (κ1) is 19.8. The van der Waals surface area contributed by atoms with Crippen LogP contribution in [-0.2, 0) is 19.9 Å². The lowest BCUT2D eigenvalue weighted by Gasteiger charge is -2.11. The molecule has 0 N–H and O–H groups in total. The molecule has 150 valence electrons. The molecule has 6 heteroatoms. The van der Waals surface area contributed by atoms with Gasteiger partial charge in [0.2, 0.25) is 0 Å². The molecule has 3 heterocycles. The predicted octanol–water partition coefficient (Wildman–Crippen LogP) is 4.16. The molecule has 0 bridgehead atoms. The number of aryl methyl sites for hydroxylation is 1. The zero-order valence-electron chi connectivity index (χ0n) is 16.9. The summed E-state index contributed by atoms with van der Waals surface area (Å²) >= 11 is 1.67. The third kappa shape index (κ3) is 4.75. The van der Waals surface area contributed by atoms with E-state index in [0.717, 1.165) is 34.8 Å². The fourth-order valence-electron chi connectivity index (χ4n) is 4.18. The van der Waals surface area contributed by atoms with Crippen LogP contribution in [-0.4, -0.2) is 25.8 Å². The van der Waals surface area contributed by atoms with Crippen LogP contribution in [0.5, 0.6) is 0 Å². The predicted molar refractivity (Wildman–Crippen MR) is 117 cm³/mol. The van der Waals surface area contributed by atoms with Crippen LogP contribution in [0.4, 0.5) is 0 Å². The molecule has 5 nitrogen and oxygen atoms in total. The average molecular weight is 407 g/mol. The SMILES string of the molecule is CSc1cnc(C[C@H]2CC[C@H](Cc3ccc(-c4cccn(C)c4=O)cn3)C2)nc1. The first-order chi connectivity index (χ1) is 14.1. The molecule has 0 saturated heterocycles. The first-order valence-corrected chi connectivity index (χ1v) is 11.3. The molecule has 29 heavy (non-hydrogen) atoms. The van der Waals surface area contributed by atoms with Crippen molar-refractivity contribution in [1.29, 1.82) is 0 Å². The summed E-state index contributed by atoms with van der Waals surface area (Å²) in [6.07, 6.45) is 15.1. The highest BCUT2D eigenvalue weighted by atomic mass is 32.2. The van der Waals surface area contributed by atoms with Crippen molar-refractivity contribution >= 4 is 11.8 Å². The number of pyridine rings is 2.